The molecule has 5 aromatic carbocycles. The lowest BCUT2D eigenvalue weighted by molar-refractivity contribution is 0.413. The van der Waals surface area contributed by atoms with E-state index in [9.17, 15) is 10.2 Å². The molecule has 0 radical (unpaired) electrons. The predicted octanol–water partition coefficient (Wildman–Crippen LogP) is 8.52. The van der Waals surface area contributed by atoms with Gasteiger partial charge in [0, 0.05) is 17.1 Å². The number of rotatable bonds is 4. The number of ether oxygens (including phenoxy) is 1. The molecular weight excluding hydrogens is 456 g/mol. The number of phenols is 2. The van der Waals surface area contributed by atoms with E-state index in [2.05, 4.69) is 43.0 Å². The molecule has 1 aliphatic rings. The minimum atomic E-state index is -0.195. The second-order valence-electron chi connectivity index (χ2n) is 9.35. The van der Waals surface area contributed by atoms with Gasteiger partial charge in [0.1, 0.15) is 23.0 Å². The molecule has 0 amide bonds. The van der Waals surface area contributed by atoms with E-state index in [0.717, 1.165) is 61.2 Å². The van der Waals surface area contributed by atoms with E-state index >= 15 is 0 Å². The Morgan fingerprint density at radius 2 is 1.43 bits per heavy atom. The first-order valence-electron chi connectivity index (χ1n) is 12.3. The van der Waals surface area contributed by atoms with Crippen molar-refractivity contribution in [3.8, 4) is 28.4 Å². The summed E-state index contributed by atoms with van der Waals surface area (Å²) in [4.78, 5) is 0. The van der Waals surface area contributed by atoms with Crippen molar-refractivity contribution in [1.29, 1.82) is 0 Å². The molecule has 1 atom stereocenters. The van der Waals surface area contributed by atoms with E-state index in [0.29, 0.717) is 0 Å². The molecule has 0 aromatic heterocycles. The molecule has 1 aliphatic heterocycles. The van der Waals surface area contributed by atoms with Crippen molar-refractivity contribution in [2.24, 2.45) is 0 Å². The van der Waals surface area contributed by atoms with E-state index in [-0.39, 0.29) is 17.4 Å². The standard InChI is InChI=1S/C34H26O3/c1-3-22-13-16-27(35)19-29(22)32-21(2)37-31-18-15-25-14-17-28(36)20-30(25)34(31)33(32)26-11-9-24(10-12-26)23-7-5-4-6-8-23/h3-20,33,35-36H,1H2,2H3. The van der Waals surface area contributed by atoms with E-state index in [1.807, 2.05) is 49.4 Å². The maximum atomic E-state index is 10.4. The molecule has 0 fully saturated rings. The quantitative estimate of drug-likeness (QED) is 0.270. The van der Waals surface area contributed by atoms with E-state index in [1.54, 1.807) is 30.3 Å². The highest BCUT2D eigenvalue weighted by molar-refractivity contribution is 5.95. The van der Waals surface area contributed by atoms with Gasteiger partial charge in [-0.1, -0.05) is 85.5 Å². The second-order valence-corrected chi connectivity index (χ2v) is 9.35. The van der Waals surface area contributed by atoms with Crippen LogP contribution in [0.2, 0.25) is 0 Å². The first kappa shape index (κ1) is 22.7. The van der Waals surface area contributed by atoms with E-state index < -0.39 is 0 Å². The fraction of sp³-hybridized carbons (Fsp3) is 0.0588. The van der Waals surface area contributed by atoms with Crippen molar-refractivity contribution in [2.45, 2.75) is 12.8 Å². The van der Waals surface area contributed by atoms with Gasteiger partial charge in [-0.25, -0.2) is 0 Å². The van der Waals surface area contributed by atoms with Gasteiger partial charge in [-0.15, -0.1) is 0 Å². The van der Waals surface area contributed by atoms with Crippen molar-refractivity contribution >= 4 is 22.4 Å². The molecule has 1 unspecified atom stereocenters. The lowest BCUT2D eigenvalue weighted by atomic mass is 9.76. The Labute approximate surface area is 216 Å². The molecular formula is C34H26O3. The Kier molecular flexibility index (Phi) is 5.54. The summed E-state index contributed by atoms with van der Waals surface area (Å²) in [5.74, 6) is 1.71. The fourth-order valence-corrected chi connectivity index (χ4v) is 5.40. The van der Waals surface area contributed by atoms with Crippen LogP contribution in [-0.2, 0) is 0 Å². The van der Waals surface area contributed by atoms with Crippen molar-refractivity contribution in [1.82, 2.24) is 0 Å². The summed E-state index contributed by atoms with van der Waals surface area (Å²) >= 11 is 0. The molecule has 5 aromatic rings. The van der Waals surface area contributed by atoms with Crippen LogP contribution in [0.25, 0.3) is 33.5 Å². The van der Waals surface area contributed by atoms with Gasteiger partial charge in [0.25, 0.3) is 0 Å². The molecule has 0 aliphatic carbocycles. The van der Waals surface area contributed by atoms with Crippen molar-refractivity contribution in [3.63, 3.8) is 0 Å². The maximum absolute atomic E-state index is 10.4. The SMILES string of the molecule is C=Cc1ccc(O)cc1C1=C(C)Oc2ccc3ccc(O)cc3c2C1c1ccc(-c2ccccc2)cc1. The van der Waals surface area contributed by atoms with E-state index in [4.69, 9.17) is 4.74 Å². The summed E-state index contributed by atoms with van der Waals surface area (Å²) in [6.07, 6.45) is 1.80. The topological polar surface area (TPSA) is 49.7 Å². The van der Waals surface area contributed by atoms with Gasteiger partial charge in [0.05, 0.1) is 0 Å². The number of hydrogen-bond acceptors (Lipinski definition) is 3. The average Bonchev–Trinajstić information content (AvgIpc) is 2.92. The lowest BCUT2D eigenvalue weighted by Crippen LogP contribution is -2.16. The summed E-state index contributed by atoms with van der Waals surface area (Å²) in [5.41, 5.74) is 7.11. The van der Waals surface area contributed by atoms with Crippen LogP contribution in [0, 0.1) is 0 Å². The van der Waals surface area contributed by atoms with Crippen LogP contribution < -0.4 is 4.74 Å². The molecule has 2 N–H and O–H groups in total. The third kappa shape index (κ3) is 3.95. The highest BCUT2D eigenvalue weighted by Crippen LogP contribution is 2.51. The van der Waals surface area contributed by atoms with Crippen LogP contribution in [0.4, 0.5) is 0 Å². The molecule has 6 rings (SSSR count). The Balaban J connectivity index is 1.63. The molecule has 37 heavy (non-hydrogen) atoms. The summed E-state index contributed by atoms with van der Waals surface area (Å²) < 4.78 is 6.41. The zero-order valence-corrected chi connectivity index (χ0v) is 20.5. The molecule has 3 heteroatoms. The third-order valence-electron chi connectivity index (χ3n) is 7.12. The molecule has 0 saturated carbocycles. The normalized spacial score (nSPS) is 14.8. The summed E-state index contributed by atoms with van der Waals surface area (Å²) in [6, 6.07) is 33.7. The molecule has 180 valence electrons. The molecule has 1 heterocycles. The van der Waals surface area contributed by atoms with Crippen LogP contribution in [0.3, 0.4) is 0 Å². The first-order chi connectivity index (χ1) is 18.0. The molecule has 0 saturated heterocycles. The van der Waals surface area contributed by atoms with Crippen LogP contribution in [-0.4, -0.2) is 10.2 Å². The molecule has 3 nitrogen and oxygen atoms in total. The van der Waals surface area contributed by atoms with Gasteiger partial charge in [-0.3, -0.25) is 0 Å². The number of fused-ring (bicyclic) bond motifs is 3. The van der Waals surface area contributed by atoms with Crippen LogP contribution >= 0.6 is 0 Å². The number of hydrogen-bond donors (Lipinski definition) is 2. The summed E-state index contributed by atoms with van der Waals surface area (Å²) in [7, 11) is 0. The van der Waals surface area contributed by atoms with Crippen molar-refractivity contribution in [2.75, 3.05) is 0 Å². The highest BCUT2D eigenvalue weighted by Gasteiger charge is 2.33. The largest absolute Gasteiger partial charge is 0.508 e. The Hall–Kier alpha value is -4.76. The van der Waals surface area contributed by atoms with Gasteiger partial charge < -0.3 is 14.9 Å². The van der Waals surface area contributed by atoms with Crippen molar-refractivity contribution < 1.29 is 14.9 Å². The van der Waals surface area contributed by atoms with Gasteiger partial charge in [0.15, 0.2) is 0 Å². The Bertz CT molecular complexity index is 1680. The monoisotopic (exact) mass is 482 g/mol. The molecule has 0 spiro atoms. The van der Waals surface area contributed by atoms with Crippen LogP contribution in [0.1, 0.15) is 35.1 Å². The van der Waals surface area contributed by atoms with Crippen molar-refractivity contribution in [3.05, 3.63) is 138 Å². The van der Waals surface area contributed by atoms with Crippen LogP contribution in [0.5, 0.6) is 17.2 Å². The van der Waals surface area contributed by atoms with Gasteiger partial charge in [0.2, 0.25) is 0 Å². The highest BCUT2D eigenvalue weighted by atomic mass is 16.5. The van der Waals surface area contributed by atoms with Gasteiger partial charge in [-0.05, 0) is 75.8 Å². The number of aromatic hydroxyl groups is 2. The Morgan fingerprint density at radius 3 is 2.19 bits per heavy atom. The average molecular weight is 483 g/mol. The minimum absolute atomic E-state index is 0.181. The predicted molar refractivity (Wildman–Crippen MR) is 151 cm³/mol. The van der Waals surface area contributed by atoms with Gasteiger partial charge in [-0.2, -0.15) is 0 Å². The number of allylic oxidation sites excluding steroid dienone is 2. The van der Waals surface area contributed by atoms with Crippen LogP contribution in [0.15, 0.2) is 115 Å². The summed E-state index contributed by atoms with van der Waals surface area (Å²) in [6.45, 7) is 5.98. The Morgan fingerprint density at radius 1 is 0.757 bits per heavy atom. The maximum Gasteiger partial charge on any atom is 0.131 e. The smallest absolute Gasteiger partial charge is 0.131 e. The zero-order valence-electron chi connectivity index (χ0n) is 20.5. The first-order valence-corrected chi connectivity index (χ1v) is 12.3. The van der Waals surface area contributed by atoms with Gasteiger partial charge >= 0.3 is 0 Å². The zero-order chi connectivity index (χ0) is 25.5. The van der Waals surface area contributed by atoms with E-state index in [1.165, 1.54) is 0 Å². The lowest BCUT2D eigenvalue weighted by Gasteiger charge is -2.32. The number of benzene rings is 5. The molecule has 0 bridgehead atoms. The summed E-state index contributed by atoms with van der Waals surface area (Å²) in [5, 5.41) is 22.8. The second kappa shape index (κ2) is 9.03. The fourth-order valence-electron chi connectivity index (χ4n) is 5.40. The third-order valence-corrected chi connectivity index (χ3v) is 7.12. The minimum Gasteiger partial charge on any atom is -0.508 e. The number of phenolic OH excluding ortho intramolecular Hbond substituents is 2.